The average molecular weight is 433 g/mol. The molecule has 0 spiro atoms. The first-order chi connectivity index (χ1) is 14.0. The van der Waals surface area contributed by atoms with Gasteiger partial charge in [0.15, 0.2) is 11.0 Å². The molecule has 2 heterocycles. The maximum Gasteiger partial charge on any atom is 0.294 e. The molecule has 150 valence electrons. The number of aromatic nitrogens is 4. The van der Waals surface area contributed by atoms with Crippen LogP contribution in [0.1, 0.15) is 13.3 Å². The predicted octanol–water partition coefficient (Wildman–Crippen LogP) is 4.04. The van der Waals surface area contributed by atoms with Crippen LogP contribution in [-0.2, 0) is 11.3 Å². The second-order valence-electron chi connectivity index (χ2n) is 5.95. The Balaban J connectivity index is 1.73. The zero-order valence-corrected chi connectivity index (χ0v) is 17.0. The van der Waals surface area contributed by atoms with Crippen LogP contribution in [0.15, 0.2) is 47.9 Å². The molecule has 0 aliphatic rings. The van der Waals surface area contributed by atoms with E-state index in [0.717, 1.165) is 12.0 Å². The quantitative estimate of drug-likeness (QED) is 0.324. The van der Waals surface area contributed by atoms with Gasteiger partial charge in [-0.2, -0.15) is 0 Å². The average Bonchev–Trinajstić information content (AvgIpc) is 3.11. The Morgan fingerprint density at radius 2 is 2.03 bits per heavy atom. The SMILES string of the molecule is CCCn1c(SCC(=O)Nc2ccc(Cl)cc2[N+](=O)[O-])nnc1-c1ccncc1. The Morgan fingerprint density at radius 1 is 1.28 bits per heavy atom. The lowest BCUT2D eigenvalue weighted by Crippen LogP contribution is -2.15. The molecule has 1 aromatic carbocycles. The minimum atomic E-state index is -0.590. The lowest BCUT2D eigenvalue weighted by molar-refractivity contribution is -0.383. The van der Waals surface area contributed by atoms with Crippen LogP contribution >= 0.6 is 23.4 Å². The number of pyridine rings is 1. The third-order valence-corrected chi connectivity index (χ3v) is 5.07. The molecule has 3 rings (SSSR count). The van der Waals surface area contributed by atoms with Crippen molar-refractivity contribution in [2.45, 2.75) is 25.0 Å². The van der Waals surface area contributed by atoms with Gasteiger partial charge >= 0.3 is 0 Å². The van der Waals surface area contributed by atoms with Crippen LogP contribution in [0.2, 0.25) is 5.02 Å². The predicted molar refractivity (Wildman–Crippen MR) is 111 cm³/mol. The number of benzene rings is 1. The molecule has 29 heavy (non-hydrogen) atoms. The van der Waals surface area contributed by atoms with E-state index < -0.39 is 10.8 Å². The molecule has 1 amide bonds. The Kier molecular flexibility index (Phi) is 6.78. The largest absolute Gasteiger partial charge is 0.320 e. The maximum absolute atomic E-state index is 12.3. The van der Waals surface area contributed by atoms with Gasteiger partial charge in [-0.25, -0.2) is 0 Å². The van der Waals surface area contributed by atoms with Gasteiger partial charge in [-0.15, -0.1) is 10.2 Å². The number of nitro groups is 1. The number of amides is 1. The second-order valence-corrected chi connectivity index (χ2v) is 7.33. The molecule has 0 saturated heterocycles. The summed E-state index contributed by atoms with van der Waals surface area (Å²) in [6.45, 7) is 2.73. The van der Waals surface area contributed by atoms with Crippen LogP contribution in [0.5, 0.6) is 0 Å². The fourth-order valence-electron chi connectivity index (χ4n) is 2.61. The van der Waals surface area contributed by atoms with Gasteiger partial charge in [0.25, 0.3) is 5.69 Å². The van der Waals surface area contributed by atoms with Gasteiger partial charge in [0.2, 0.25) is 5.91 Å². The summed E-state index contributed by atoms with van der Waals surface area (Å²) < 4.78 is 1.94. The first-order valence-corrected chi connectivity index (χ1v) is 10.1. The molecule has 0 saturated carbocycles. The van der Waals surface area contributed by atoms with E-state index in [-0.39, 0.29) is 22.2 Å². The molecule has 9 nitrogen and oxygen atoms in total. The van der Waals surface area contributed by atoms with Gasteiger partial charge in [-0.1, -0.05) is 30.3 Å². The Bertz CT molecular complexity index is 1030. The van der Waals surface area contributed by atoms with E-state index in [9.17, 15) is 14.9 Å². The lowest BCUT2D eigenvalue weighted by atomic mass is 10.2. The number of anilines is 1. The normalized spacial score (nSPS) is 10.7. The van der Waals surface area contributed by atoms with Crippen LogP contribution in [0, 0.1) is 10.1 Å². The standard InChI is InChI=1S/C18H17ClN6O3S/c1-2-9-24-17(12-5-7-20-8-6-12)22-23-18(24)29-11-16(26)21-14-4-3-13(19)10-15(14)25(27)28/h3-8,10H,2,9,11H2,1H3,(H,21,26). The summed E-state index contributed by atoms with van der Waals surface area (Å²) in [7, 11) is 0. The summed E-state index contributed by atoms with van der Waals surface area (Å²) in [6, 6.07) is 7.78. The second kappa shape index (κ2) is 9.48. The van der Waals surface area contributed by atoms with Crippen LogP contribution < -0.4 is 5.32 Å². The number of carbonyl (C=O) groups is 1. The van der Waals surface area contributed by atoms with Crippen molar-refractivity contribution < 1.29 is 9.72 Å². The Labute approximate surface area is 175 Å². The van der Waals surface area contributed by atoms with Crippen LogP contribution in [0.3, 0.4) is 0 Å². The summed E-state index contributed by atoms with van der Waals surface area (Å²) in [4.78, 5) is 26.9. The highest BCUT2D eigenvalue weighted by molar-refractivity contribution is 7.99. The molecule has 0 radical (unpaired) electrons. The summed E-state index contributed by atoms with van der Waals surface area (Å²) in [6.07, 6.45) is 4.23. The van der Waals surface area contributed by atoms with Gasteiger partial charge in [-0.3, -0.25) is 19.9 Å². The highest BCUT2D eigenvalue weighted by atomic mass is 35.5. The van der Waals surface area contributed by atoms with Crippen molar-refractivity contribution in [2.75, 3.05) is 11.1 Å². The minimum Gasteiger partial charge on any atom is -0.320 e. The van der Waals surface area contributed by atoms with Crippen molar-refractivity contribution in [3.63, 3.8) is 0 Å². The first kappa shape index (κ1) is 20.7. The number of halogens is 1. The van der Waals surface area contributed by atoms with E-state index in [4.69, 9.17) is 11.6 Å². The highest BCUT2D eigenvalue weighted by Gasteiger charge is 2.18. The van der Waals surface area contributed by atoms with E-state index in [0.29, 0.717) is 17.5 Å². The summed E-state index contributed by atoms with van der Waals surface area (Å²) >= 11 is 7.01. The van der Waals surface area contributed by atoms with Crippen molar-refractivity contribution in [1.29, 1.82) is 0 Å². The third kappa shape index (κ3) is 5.09. The number of nitro benzene ring substituents is 1. The number of nitrogens with one attached hydrogen (secondary N) is 1. The molecule has 0 bridgehead atoms. The van der Waals surface area contributed by atoms with Crippen molar-refractivity contribution in [2.24, 2.45) is 0 Å². The number of carbonyl (C=O) groups excluding carboxylic acids is 1. The molecular weight excluding hydrogens is 416 g/mol. The topological polar surface area (TPSA) is 116 Å². The van der Waals surface area contributed by atoms with Gasteiger partial charge in [-0.05, 0) is 30.7 Å². The monoisotopic (exact) mass is 432 g/mol. The molecule has 0 unspecified atom stereocenters. The lowest BCUT2D eigenvalue weighted by Gasteiger charge is -2.09. The zero-order valence-electron chi connectivity index (χ0n) is 15.4. The molecule has 0 atom stereocenters. The molecule has 0 aliphatic heterocycles. The molecule has 0 aliphatic carbocycles. The van der Waals surface area contributed by atoms with Crippen LogP contribution in [0.25, 0.3) is 11.4 Å². The van der Waals surface area contributed by atoms with Gasteiger partial charge in [0.1, 0.15) is 5.69 Å². The highest BCUT2D eigenvalue weighted by Crippen LogP contribution is 2.28. The first-order valence-electron chi connectivity index (χ1n) is 8.69. The number of nitrogens with zero attached hydrogens (tertiary/aromatic N) is 5. The number of hydrogen-bond donors (Lipinski definition) is 1. The number of rotatable bonds is 8. The van der Waals surface area contributed by atoms with Crippen LogP contribution in [0.4, 0.5) is 11.4 Å². The third-order valence-electron chi connectivity index (χ3n) is 3.87. The van der Waals surface area contributed by atoms with Crippen LogP contribution in [-0.4, -0.2) is 36.3 Å². The van der Waals surface area contributed by atoms with Gasteiger partial charge < -0.3 is 9.88 Å². The van der Waals surface area contributed by atoms with E-state index in [1.807, 2.05) is 23.6 Å². The summed E-state index contributed by atoms with van der Waals surface area (Å²) in [5.41, 5.74) is 0.719. The molecule has 11 heteroatoms. The smallest absolute Gasteiger partial charge is 0.294 e. The van der Waals surface area contributed by atoms with E-state index >= 15 is 0 Å². The Morgan fingerprint density at radius 3 is 2.72 bits per heavy atom. The molecular formula is C18H17ClN6O3S. The van der Waals surface area contributed by atoms with E-state index in [2.05, 4.69) is 20.5 Å². The molecule has 3 aromatic rings. The fourth-order valence-corrected chi connectivity index (χ4v) is 3.54. The maximum atomic E-state index is 12.3. The fraction of sp³-hybridized carbons (Fsp3) is 0.222. The van der Waals surface area contributed by atoms with Gasteiger partial charge in [0.05, 0.1) is 10.7 Å². The number of hydrogen-bond acceptors (Lipinski definition) is 7. The zero-order chi connectivity index (χ0) is 20.8. The molecule has 1 N–H and O–H groups in total. The summed E-state index contributed by atoms with van der Waals surface area (Å²) in [5, 5.41) is 23.0. The van der Waals surface area contributed by atoms with Crippen molar-refractivity contribution >= 4 is 40.6 Å². The van der Waals surface area contributed by atoms with E-state index in [1.54, 1.807) is 12.4 Å². The summed E-state index contributed by atoms with van der Waals surface area (Å²) in [5.74, 6) is 0.334. The molecule has 0 fully saturated rings. The van der Waals surface area contributed by atoms with E-state index in [1.165, 1.54) is 30.0 Å². The Hall–Kier alpha value is -2.98. The van der Waals surface area contributed by atoms with Crippen molar-refractivity contribution in [1.82, 2.24) is 19.7 Å². The minimum absolute atomic E-state index is 0.0258. The molecule has 2 aromatic heterocycles. The van der Waals surface area contributed by atoms with Gasteiger partial charge in [0, 0.05) is 35.6 Å². The number of thioether (sulfide) groups is 1. The van der Waals surface area contributed by atoms with Crippen molar-refractivity contribution in [3.8, 4) is 11.4 Å². The van der Waals surface area contributed by atoms with Crippen molar-refractivity contribution in [3.05, 3.63) is 57.9 Å².